The van der Waals surface area contributed by atoms with Crippen LogP contribution in [0.3, 0.4) is 0 Å². The molecule has 162 valence electrons. The molecule has 30 heavy (non-hydrogen) atoms. The highest BCUT2D eigenvalue weighted by molar-refractivity contribution is 8.00. The second-order valence-corrected chi connectivity index (χ2v) is 10.1. The van der Waals surface area contributed by atoms with Crippen LogP contribution in [0, 0.1) is 5.92 Å². The number of amides is 3. The molecule has 2 saturated heterocycles. The topological polar surface area (TPSA) is 75.2 Å². The average molecular weight is 429 g/mol. The third kappa shape index (κ3) is 4.77. The van der Waals surface area contributed by atoms with Crippen molar-refractivity contribution in [2.45, 2.75) is 69.8 Å². The molecule has 2 aliphatic rings. The highest BCUT2D eigenvalue weighted by atomic mass is 32.2. The molecule has 2 aliphatic heterocycles. The van der Waals surface area contributed by atoms with Crippen LogP contribution in [0.1, 0.15) is 46.0 Å². The number of urea groups is 1. The Hall–Kier alpha value is -2.15. The molecule has 2 aromatic rings. The molecular weight excluding hydrogens is 396 g/mol. The Kier molecular flexibility index (Phi) is 6.56. The molecule has 2 fully saturated rings. The summed E-state index contributed by atoms with van der Waals surface area (Å²) in [7, 11) is 0. The molecule has 0 spiro atoms. The van der Waals surface area contributed by atoms with Gasteiger partial charge in [0.25, 0.3) is 0 Å². The number of aryl methyl sites for hydroxylation is 1. The molecule has 3 heterocycles. The minimum Gasteiger partial charge on any atom is -0.347 e. The van der Waals surface area contributed by atoms with Crippen molar-refractivity contribution in [3.8, 4) is 0 Å². The lowest BCUT2D eigenvalue weighted by atomic mass is 10.0. The summed E-state index contributed by atoms with van der Waals surface area (Å²) in [6, 6.07) is 8.69. The number of hydrogen-bond donors (Lipinski definition) is 3. The molecule has 3 N–H and O–H groups in total. The Labute approximate surface area is 182 Å². The summed E-state index contributed by atoms with van der Waals surface area (Å²) in [4.78, 5) is 24.0. The second kappa shape index (κ2) is 9.33. The Bertz CT molecular complexity index is 910. The first-order valence-electron chi connectivity index (χ1n) is 11.1. The Morgan fingerprint density at radius 3 is 2.97 bits per heavy atom. The second-order valence-electron chi connectivity index (χ2n) is 8.85. The van der Waals surface area contributed by atoms with Gasteiger partial charge in [0.15, 0.2) is 0 Å². The third-order valence-corrected chi connectivity index (χ3v) is 7.62. The number of nitrogens with zero attached hydrogens (tertiary/aromatic N) is 1. The molecule has 0 radical (unpaired) electrons. The highest BCUT2D eigenvalue weighted by Crippen LogP contribution is 2.33. The van der Waals surface area contributed by atoms with Gasteiger partial charge in [0.1, 0.15) is 0 Å². The largest absolute Gasteiger partial charge is 0.347 e. The summed E-state index contributed by atoms with van der Waals surface area (Å²) in [6.45, 7) is 5.47. The molecule has 0 unspecified atom stereocenters. The molecule has 6 nitrogen and oxygen atoms in total. The van der Waals surface area contributed by atoms with Crippen molar-refractivity contribution in [3.05, 3.63) is 30.5 Å². The van der Waals surface area contributed by atoms with E-state index in [0.29, 0.717) is 17.6 Å². The van der Waals surface area contributed by atoms with Gasteiger partial charge >= 0.3 is 6.03 Å². The van der Waals surface area contributed by atoms with E-state index in [-0.39, 0.29) is 24.0 Å². The van der Waals surface area contributed by atoms with Gasteiger partial charge < -0.3 is 20.5 Å². The number of hydrogen-bond acceptors (Lipinski definition) is 3. The lowest BCUT2D eigenvalue weighted by Crippen LogP contribution is -2.36. The van der Waals surface area contributed by atoms with E-state index >= 15 is 0 Å². The average Bonchev–Trinajstić information content (AvgIpc) is 3.38. The van der Waals surface area contributed by atoms with E-state index in [2.05, 4.69) is 52.7 Å². The number of carbonyl (C=O) groups is 2. The molecule has 0 aliphatic carbocycles. The fraction of sp³-hybridized carbons (Fsp3) is 0.565. The number of carbonyl (C=O) groups excluding carboxylic acids is 2. The van der Waals surface area contributed by atoms with Gasteiger partial charge in [0, 0.05) is 35.6 Å². The number of fused-ring (bicyclic) bond motifs is 2. The molecule has 3 atom stereocenters. The van der Waals surface area contributed by atoms with Crippen LogP contribution in [0.15, 0.2) is 30.5 Å². The number of aromatic nitrogens is 1. The van der Waals surface area contributed by atoms with E-state index in [9.17, 15) is 9.59 Å². The fourth-order valence-electron chi connectivity index (χ4n) is 4.41. The molecule has 4 rings (SSSR count). The summed E-state index contributed by atoms with van der Waals surface area (Å²) in [5.74, 6) is 1.72. The van der Waals surface area contributed by atoms with Crippen molar-refractivity contribution in [2.24, 2.45) is 5.92 Å². The number of nitrogens with one attached hydrogen (secondary N) is 3. The van der Waals surface area contributed by atoms with Gasteiger partial charge in [-0.25, -0.2) is 4.79 Å². The summed E-state index contributed by atoms with van der Waals surface area (Å²) < 4.78 is 2.27. The minimum absolute atomic E-state index is 0.0399. The van der Waals surface area contributed by atoms with E-state index in [1.54, 1.807) is 0 Å². The maximum Gasteiger partial charge on any atom is 0.315 e. The van der Waals surface area contributed by atoms with Crippen LogP contribution in [0.4, 0.5) is 10.5 Å². The van der Waals surface area contributed by atoms with Crippen LogP contribution < -0.4 is 16.0 Å². The van der Waals surface area contributed by atoms with Crippen molar-refractivity contribution in [1.29, 1.82) is 0 Å². The fourth-order valence-corrected chi connectivity index (χ4v) is 5.96. The van der Waals surface area contributed by atoms with Gasteiger partial charge in [-0.1, -0.05) is 26.3 Å². The van der Waals surface area contributed by atoms with E-state index in [0.717, 1.165) is 49.1 Å². The summed E-state index contributed by atoms with van der Waals surface area (Å²) in [6.07, 6.45) is 6.69. The summed E-state index contributed by atoms with van der Waals surface area (Å²) in [5, 5.41) is 10.7. The Balaban J connectivity index is 1.25. The zero-order chi connectivity index (χ0) is 21.1. The monoisotopic (exact) mass is 428 g/mol. The molecule has 3 amide bonds. The van der Waals surface area contributed by atoms with Gasteiger partial charge in [-0.2, -0.15) is 11.8 Å². The number of thioether (sulfide) groups is 1. The van der Waals surface area contributed by atoms with Crippen molar-refractivity contribution in [1.82, 2.24) is 15.2 Å². The van der Waals surface area contributed by atoms with Crippen molar-refractivity contribution < 1.29 is 9.59 Å². The van der Waals surface area contributed by atoms with Crippen LogP contribution in [0.2, 0.25) is 0 Å². The number of benzene rings is 1. The number of rotatable bonds is 9. The van der Waals surface area contributed by atoms with E-state index < -0.39 is 0 Å². The van der Waals surface area contributed by atoms with Crippen molar-refractivity contribution >= 4 is 40.3 Å². The normalized spacial score (nSPS) is 22.9. The van der Waals surface area contributed by atoms with Crippen LogP contribution in [0.5, 0.6) is 0 Å². The van der Waals surface area contributed by atoms with Crippen molar-refractivity contribution in [3.63, 3.8) is 0 Å². The zero-order valence-electron chi connectivity index (χ0n) is 17.8. The zero-order valence-corrected chi connectivity index (χ0v) is 18.6. The molecule has 7 heteroatoms. The highest BCUT2D eigenvalue weighted by Gasteiger charge is 2.42. The SMILES string of the molecule is CC(C)CCn1ccc2c(NC(=O)CCCC[C@H]3SC[C@@H]4NC(=O)N[C@H]43)cccc21. The van der Waals surface area contributed by atoms with E-state index in [1.807, 2.05) is 23.9 Å². The Morgan fingerprint density at radius 2 is 2.13 bits per heavy atom. The summed E-state index contributed by atoms with van der Waals surface area (Å²) in [5.41, 5.74) is 2.07. The maximum atomic E-state index is 12.5. The standard InChI is InChI=1S/C23H32N4O2S/c1-15(2)10-12-27-13-11-16-17(6-5-7-19(16)27)24-21(28)9-4-3-8-20-22-18(14-30-20)25-23(29)26-22/h5-7,11,13,15,18,20,22H,3-4,8-10,12,14H2,1-2H3,(H,24,28)(H2,25,26,29)/t18-,20+,22+/m0/s1. The quantitative estimate of drug-likeness (QED) is 0.410. The third-order valence-electron chi connectivity index (χ3n) is 6.12. The number of anilines is 1. The van der Waals surface area contributed by atoms with E-state index in [4.69, 9.17) is 0 Å². The van der Waals surface area contributed by atoms with Gasteiger partial charge in [-0.05, 0) is 43.4 Å². The van der Waals surface area contributed by atoms with Gasteiger partial charge in [-0.15, -0.1) is 0 Å². The van der Waals surface area contributed by atoms with Gasteiger partial charge in [0.2, 0.25) is 5.91 Å². The maximum absolute atomic E-state index is 12.5. The summed E-state index contributed by atoms with van der Waals surface area (Å²) >= 11 is 1.93. The van der Waals surface area contributed by atoms with Crippen LogP contribution in [0.25, 0.3) is 10.9 Å². The lowest BCUT2D eigenvalue weighted by Gasteiger charge is -2.16. The molecular formula is C23H32N4O2S. The van der Waals surface area contributed by atoms with Crippen LogP contribution in [-0.2, 0) is 11.3 Å². The first-order valence-corrected chi connectivity index (χ1v) is 12.1. The first-order chi connectivity index (χ1) is 14.5. The number of unbranched alkanes of at least 4 members (excludes halogenated alkanes) is 1. The first kappa shape index (κ1) is 21.1. The van der Waals surface area contributed by atoms with Gasteiger partial charge in [0.05, 0.1) is 23.3 Å². The molecule has 1 aromatic heterocycles. The van der Waals surface area contributed by atoms with Crippen LogP contribution >= 0.6 is 11.8 Å². The Morgan fingerprint density at radius 1 is 1.27 bits per heavy atom. The molecule has 0 saturated carbocycles. The van der Waals surface area contributed by atoms with E-state index in [1.165, 1.54) is 5.52 Å². The minimum atomic E-state index is -0.0399. The molecule has 0 bridgehead atoms. The predicted octanol–water partition coefficient (Wildman–Crippen LogP) is 4.35. The predicted molar refractivity (Wildman–Crippen MR) is 124 cm³/mol. The van der Waals surface area contributed by atoms with Crippen molar-refractivity contribution in [2.75, 3.05) is 11.1 Å². The lowest BCUT2D eigenvalue weighted by molar-refractivity contribution is -0.116. The van der Waals surface area contributed by atoms with Crippen LogP contribution in [-0.4, -0.2) is 39.6 Å². The molecule has 1 aromatic carbocycles. The van der Waals surface area contributed by atoms with Gasteiger partial charge in [-0.3, -0.25) is 4.79 Å². The smallest absolute Gasteiger partial charge is 0.315 e.